The van der Waals surface area contributed by atoms with Gasteiger partial charge in [0.15, 0.2) is 11.6 Å². The molecule has 2 rings (SSSR count). The number of benzene rings is 1. The number of hydrogen-bond acceptors (Lipinski definition) is 5. The Hall–Kier alpha value is -2.21. The number of nitrogens with one attached hydrogen (secondary N) is 1. The van der Waals surface area contributed by atoms with E-state index in [4.69, 9.17) is 16.4 Å². The molecular weight excluding hydrogens is 307 g/mol. The first-order valence-electron chi connectivity index (χ1n) is 6.76. The van der Waals surface area contributed by atoms with Crippen molar-refractivity contribution in [2.75, 3.05) is 5.32 Å². The molecule has 0 aliphatic rings. The highest BCUT2D eigenvalue weighted by Crippen LogP contribution is 2.15. The van der Waals surface area contributed by atoms with E-state index in [2.05, 4.69) is 20.4 Å². The summed E-state index contributed by atoms with van der Waals surface area (Å²) in [5, 5.41) is 7.26. The molecule has 0 atom stereocenters. The number of hydrogen-bond donors (Lipinski definition) is 1. The molecule has 5 nitrogen and oxygen atoms in total. The zero-order chi connectivity index (χ0) is 15.9. The van der Waals surface area contributed by atoms with Crippen LogP contribution in [0.3, 0.4) is 0 Å². The van der Waals surface area contributed by atoms with Crippen molar-refractivity contribution < 1.29 is 9.23 Å². The van der Waals surface area contributed by atoms with Gasteiger partial charge in [0.25, 0.3) is 0 Å². The maximum absolute atomic E-state index is 13.7. The Balaban J connectivity index is 2.01. The summed E-state index contributed by atoms with van der Waals surface area (Å²) in [5.41, 5.74) is 0.947. The van der Waals surface area contributed by atoms with E-state index in [-0.39, 0.29) is 17.7 Å². The van der Waals surface area contributed by atoms with Crippen LogP contribution in [0.1, 0.15) is 19.4 Å². The Morgan fingerprint density at radius 3 is 2.77 bits per heavy atom. The second-order valence-electron chi connectivity index (χ2n) is 4.92. The van der Waals surface area contributed by atoms with Crippen molar-refractivity contribution in [1.29, 1.82) is 0 Å². The molecule has 1 heterocycles. The Morgan fingerprint density at radius 1 is 1.36 bits per heavy atom. The van der Waals surface area contributed by atoms with Crippen LogP contribution in [-0.4, -0.2) is 16.2 Å². The molecule has 0 aliphatic heterocycles. The quantitative estimate of drug-likeness (QED) is 0.647. The van der Waals surface area contributed by atoms with Crippen LogP contribution in [0, 0.1) is 11.7 Å². The molecule has 0 radical (unpaired) electrons. The lowest BCUT2D eigenvalue weighted by Gasteiger charge is -2.07. The highest BCUT2D eigenvalue weighted by atomic mass is 35.5. The first kappa shape index (κ1) is 16.2. The summed E-state index contributed by atoms with van der Waals surface area (Å²) < 4.78 is 13.7. The van der Waals surface area contributed by atoms with Gasteiger partial charge in [0.2, 0.25) is 0 Å². The van der Waals surface area contributed by atoms with Crippen molar-refractivity contribution in [2.24, 2.45) is 11.1 Å². The first-order valence-corrected chi connectivity index (χ1v) is 7.14. The molecular formula is C15H16ClFN4O. The highest BCUT2D eigenvalue weighted by molar-refractivity contribution is 6.30. The molecule has 1 aromatic heterocycles. The summed E-state index contributed by atoms with van der Waals surface area (Å²) in [6, 6.07) is 7.21. The van der Waals surface area contributed by atoms with E-state index < -0.39 is 5.82 Å². The van der Waals surface area contributed by atoms with Gasteiger partial charge in [0.1, 0.15) is 0 Å². The lowest BCUT2D eigenvalue weighted by Crippen LogP contribution is -2.05. The Bertz CT molecular complexity index is 646. The summed E-state index contributed by atoms with van der Waals surface area (Å²) in [6.45, 7) is 4.31. The first-order chi connectivity index (χ1) is 10.5. The molecule has 7 heteroatoms. The fraction of sp³-hybridized carbons (Fsp3) is 0.267. The SMILES string of the molecule is CC(C)C=NOc1ncc(F)c(NCc2ccc(Cl)cc2)n1. The molecule has 2 aromatic rings. The van der Waals surface area contributed by atoms with E-state index in [1.54, 1.807) is 18.3 Å². The number of halogens is 2. The minimum absolute atomic E-state index is 0.0168. The number of oxime groups is 1. The molecule has 0 fully saturated rings. The van der Waals surface area contributed by atoms with Crippen molar-refractivity contribution >= 4 is 23.6 Å². The Kier molecular flexibility index (Phi) is 5.66. The molecule has 0 amide bonds. The fourth-order valence-electron chi connectivity index (χ4n) is 1.51. The minimum atomic E-state index is -0.561. The van der Waals surface area contributed by atoms with Gasteiger partial charge < -0.3 is 10.2 Å². The van der Waals surface area contributed by atoms with Crippen molar-refractivity contribution in [3.05, 3.63) is 46.9 Å². The van der Waals surface area contributed by atoms with E-state index in [1.807, 2.05) is 26.0 Å². The zero-order valence-electron chi connectivity index (χ0n) is 12.3. The lowest BCUT2D eigenvalue weighted by molar-refractivity contribution is 0.311. The van der Waals surface area contributed by atoms with Crippen molar-refractivity contribution in [3.8, 4) is 6.01 Å². The van der Waals surface area contributed by atoms with Crippen LogP contribution in [-0.2, 0) is 6.54 Å². The summed E-state index contributed by atoms with van der Waals surface area (Å²) in [7, 11) is 0. The second-order valence-corrected chi connectivity index (χ2v) is 5.36. The summed E-state index contributed by atoms with van der Waals surface area (Å²) in [4.78, 5) is 12.7. The second kappa shape index (κ2) is 7.70. The van der Waals surface area contributed by atoms with Gasteiger partial charge in [0, 0.05) is 17.8 Å². The van der Waals surface area contributed by atoms with E-state index in [0.29, 0.717) is 11.6 Å². The zero-order valence-corrected chi connectivity index (χ0v) is 13.0. The van der Waals surface area contributed by atoms with Crippen LogP contribution in [0.4, 0.5) is 10.2 Å². The van der Waals surface area contributed by atoms with Crippen LogP contribution in [0.5, 0.6) is 6.01 Å². The third-order valence-corrected chi connectivity index (χ3v) is 2.84. The van der Waals surface area contributed by atoms with Crippen LogP contribution in [0.25, 0.3) is 0 Å². The van der Waals surface area contributed by atoms with Crippen LogP contribution >= 0.6 is 11.6 Å². The molecule has 22 heavy (non-hydrogen) atoms. The molecule has 116 valence electrons. The number of rotatable bonds is 6. The molecule has 0 saturated heterocycles. The maximum Gasteiger partial charge on any atom is 0.347 e. The summed E-state index contributed by atoms with van der Waals surface area (Å²) in [6.07, 6.45) is 2.64. The monoisotopic (exact) mass is 322 g/mol. The molecule has 0 spiro atoms. The van der Waals surface area contributed by atoms with Gasteiger partial charge in [0.05, 0.1) is 6.20 Å². The highest BCUT2D eigenvalue weighted by Gasteiger charge is 2.08. The van der Waals surface area contributed by atoms with E-state index in [0.717, 1.165) is 11.8 Å². The molecule has 1 N–H and O–H groups in total. The van der Waals surface area contributed by atoms with Gasteiger partial charge in [-0.3, -0.25) is 0 Å². The molecule has 0 aliphatic carbocycles. The molecule has 1 aromatic carbocycles. The number of nitrogens with zero attached hydrogens (tertiary/aromatic N) is 3. The van der Waals surface area contributed by atoms with E-state index >= 15 is 0 Å². The average molecular weight is 323 g/mol. The third-order valence-electron chi connectivity index (χ3n) is 2.59. The molecule has 0 saturated carbocycles. The van der Waals surface area contributed by atoms with Gasteiger partial charge in [-0.1, -0.05) is 42.7 Å². The third kappa shape index (κ3) is 4.96. The summed E-state index contributed by atoms with van der Waals surface area (Å²) in [5.74, 6) is -0.267. The largest absolute Gasteiger partial charge is 0.363 e. The van der Waals surface area contributed by atoms with E-state index in [9.17, 15) is 4.39 Å². The standard InChI is InChI=1S/C15H16ClFN4O/c1-10(2)7-20-22-15-19-9-13(17)14(21-15)18-8-11-3-5-12(16)6-4-11/h3-7,9-10H,8H2,1-2H3,(H,18,19,21). The van der Waals surface area contributed by atoms with Crippen molar-refractivity contribution in [2.45, 2.75) is 20.4 Å². The Morgan fingerprint density at radius 2 is 2.09 bits per heavy atom. The van der Waals surface area contributed by atoms with Crippen LogP contribution in [0.2, 0.25) is 5.02 Å². The predicted octanol–water partition coefficient (Wildman–Crippen LogP) is 3.90. The van der Waals surface area contributed by atoms with Crippen LogP contribution < -0.4 is 10.2 Å². The van der Waals surface area contributed by atoms with Crippen LogP contribution in [0.15, 0.2) is 35.6 Å². The number of anilines is 1. The van der Waals surface area contributed by atoms with Gasteiger partial charge in [-0.25, -0.2) is 4.39 Å². The topological polar surface area (TPSA) is 59.4 Å². The lowest BCUT2D eigenvalue weighted by atomic mass is 10.2. The predicted molar refractivity (Wildman–Crippen MR) is 84.7 cm³/mol. The van der Waals surface area contributed by atoms with Gasteiger partial charge >= 0.3 is 6.01 Å². The molecule has 0 bridgehead atoms. The summed E-state index contributed by atoms with van der Waals surface area (Å²) >= 11 is 5.81. The van der Waals surface area contributed by atoms with Crippen molar-refractivity contribution in [1.82, 2.24) is 9.97 Å². The average Bonchev–Trinajstić information content (AvgIpc) is 2.49. The minimum Gasteiger partial charge on any atom is -0.363 e. The number of aromatic nitrogens is 2. The van der Waals surface area contributed by atoms with Gasteiger partial charge in [-0.2, -0.15) is 9.97 Å². The molecule has 0 unspecified atom stereocenters. The van der Waals surface area contributed by atoms with Gasteiger partial charge in [-0.15, -0.1) is 0 Å². The maximum atomic E-state index is 13.7. The normalized spacial score (nSPS) is 11.1. The van der Waals surface area contributed by atoms with E-state index in [1.165, 1.54) is 0 Å². The van der Waals surface area contributed by atoms with Crippen molar-refractivity contribution in [3.63, 3.8) is 0 Å². The fourth-order valence-corrected chi connectivity index (χ4v) is 1.63. The Labute approximate surface area is 133 Å². The van der Waals surface area contributed by atoms with Gasteiger partial charge in [-0.05, 0) is 23.6 Å². The smallest absolute Gasteiger partial charge is 0.347 e.